The molecule has 3 rings (SSSR count). The van der Waals surface area contributed by atoms with Crippen molar-refractivity contribution in [1.82, 2.24) is 4.90 Å². The highest BCUT2D eigenvalue weighted by atomic mass is 35.5. The lowest BCUT2D eigenvalue weighted by molar-refractivity contribution is -0.139. The average Bonchev–Trinajstić information content (AvgIpc) is 2.68. The molecule has 2 aromatic rings. The molecular formula is C22H25ClN2O3. The summed E-state index contributed by atoms with van der Waals surface area (Å²) in [7, 11) is 0. The number of carbonyl (C=O) groups excluding carboxylic acids is 2. The van der Waals surface area contributed by atoms with E-state index in [1.54, 1.807) is 48.5 Å². The van der Waals surface area contributed by atoms with Crippen molar-refractivity contribution in [3.05, 3.63) is 59.1 Å². The van der Waals surface area contributed by atoms with Gasteiger partial charge in [0.15, 0.2) is 6.61 Å². The molecule has 0 bridgehead atoms. The molecule has 2 unspecified atom stereocenters. The van der Waals surface area contributed by atoms with Crippen molar-refractivity contribution in [2.75, 3.05) is 11.9 Å². The third kappa shape index (κ3) is 5.04. The Bertz CT molecular complexity index is 811. The van der Waals surface area contributed by atoms with Gasteiger partial charge in [0, 0.05) is 28.4 Å². The van der Waals surface area contributed by atoms with Crippen molar-refractivity contribution in [2.24, 2.45) is 0 Å². The first-order valence-corrected chi connectivity index (χ1v) is 9.93. The minimum absolute atomic E-state index is 0.00394. The SMILES string of the molecule is CC1CCCC(C)N1C(=O)COc1ccc(C(=O)Nc2ccc(Cl)cc2)cc1. The van der Waals surface area contributed by atoms with Gasteiger partial charge in [0.2, 0.25) is 0 Å². The molecule has 0 spiro atoms. The fourth-order valence-electron chi connectivity index (χ4n) is 3.57. The molecule has 1 fully saturated rings. The predicted octanol–water partition coefficient (Wildman–Crippen LogP) is 4.76. The third-order valence-corrected chi connectivity index (χ3v) is 5.31. The molecule has 1 aliphatic heterocycles. The first-order chi connectivity index (χ1) is 13.4. The van der Waals surface area contributed by atoms with Crippen LogP contribution in [0.4, 0.5) is 5.69 Å². The molecule has 1 aliphatic rings. The van der Waals surface area contributed by atoms with Gasteiger partial charge in [-0.2, -0.15) is 0 Å². The molecule has 0 saturated carbocycles. The largest absolute Gasteiger partial charge is 0.484 e. The van der Waals surface area contributed by atoms with E-state index in [9.17, 15) is 9.59 Å². The Morgan fingerprint density at radius 2 is 1.64 bits per heavy atom. The van der Waals surface area contributed by atoms with Crippen molar-refractivity contribution in [1.29, 1.82) is 0 Å². The molecule has 0 aromatic heterocycles. The van der Waals surface area contributed by atoms with E-state index in [1.165, 1.54) is 0 Å². The molecule has 0 aliphatic carbocycles. The number of hydrogen-bond donors (Lipinski definition) is 1. The summed E-state index contributed by atoms with van der Waals surface area (Å²) in [6.45, 7) is 4.17. The number of piperidine rings is 1. The smallest absolute Gasteiger partial charge is 0.260 e. The van der Waals surface area contributed by atoms with Crippen LogP contribution in [0.2, 0.25) is 5.02 Å². The molecule has 5 nitrogen and oxygen atoms in total. The summed E-state index contributed by atoms with van der Waals surface area (Å²) in [5.41, 5.74) is 1.18. The molecule has 1 heterocycles. The van der Waals surface area contributed by atoms with Crippen LogP contribution in [0.25, 0.3) is 0 Å². The number of nitrogens with one attached hydrogen (secondary N) is 1. The second-order valence-corrected chi connectivity index (χ2v) is 7.64. The van der Waals surface area contributed by atoms with Crippen LogP contribution in [0.15, 0.2) is 48.5 Å². The number of likely N-dealkylation sites (tertiary alicyclic amines) is 1. The number of ether oxygens (including phenoxy) is 1. The maximum Gasteiger partial charge on any atom is 0.260 e. The van der Waals surface area contributed by atoms with E-state index in [0.29, 0.717) is 22.0 Å². The monoisotopic (exact) mass is 400 g/mol. The first-order valence-electron chi connectivity index (χ1n) is 9.55. The summed E-state index contributed by atoms with van der Waals surface area (Å²) in [6, 6.07) is 14.2. The van der Waals surface area contributed by atoms with Crippen LogP contribution < -0.4 is 10.1 Å². The van der Waals surface area contributed by atoms with Crippen LogP contribution in [0.5, 0.6) is 5.75 Å². The highest BCUT2D eigenvalue weighted by Crippen LogP contribution is 2.23. The van der Waals surface area contributed by atoms with Gasteiger partial charge in [-0.05, 0) is 81.6 Å². The minimum atomic E-state index is -0.221. The normalized spacial score (nSPS) is 19.2. The summed E-state index contributed by atoms with van der Waals surface area (Å²) < 4.78 is 5.65. The molecule has 2 atom stereocenters. The van der Waals surface area contributed by atoms with Gasteiger partial charge in [-0.3, -0.25) is 9.59 Å². The maximum absolute atomic E-state index is 12.5. The lowest BCUT2D eigenvalue weighted by Crippen LogP contribution is -2.49. The van der Waals surface area contributed by atoms with Gasteiger partial charge in [-0.25, -0.2) is 0 Å². The van der Waals surface area contributed by atoms with Crippen molar-refractivity contribution < 1.29 is 14.3 Å². The van der Waals surface area contributed by atoms with Crippen LogP contribution in [-0.4, -0.2) is 35.4 Å². The fraction of sp³-hybridized carbons (Fsp3) is 0.364. The molecule has 6 heteroatoms. The van der Waals surface area contributed by atoms with E-state index in [1.807, 2.05) is 4.90 Å². The molecule has 28 heavy (non-hydrogen) atoms. The zero-order chi connectivity index (χ0) is 20.1. The topological polar surface area (TPSA) is 58.6 Å². The van der Waals surface area contributed by atoms with Crippen LogP contribution in [0.3, 0.4) is 0 Å². The minimum Gasteiger partial charge on any atom is -0.484 e. The van der Waals surface area contributed by atoms with Gasteiger partial charge in [0.1, 0.15) is 5.75 Å². The lowest BCUT2D eigenvalue weighted by Gasteiger charge is -2.38. The number of anilines is 1. The van der Waals surface area contributed by atoms with Gasteiger partial charge in [0.05, 0.1) is 0 Å². The van der Waals surface area contributed by atoms with Crippen LogP contribution in [0.1, 0.15) is 43.5 Å². The highest BCUT2D eigenvalue weighted by molar-refractivity contribution is 6.30. The quantitative estimate of drug-likeness (QED) is 0.787. The van der Waals surface area contributed by atoms with Gasteiger partial charge < -0.3 is 15.0 Å². The van der Waals surface area contributed by atoms with Gasteiger partial charge in [0.25, 0.3) is 11.8 Å². The summed E-state index contributed by atoms with van der Waals surface area (Å²) >= 11 is 5.85. The molecule has 2 amide bonds. The Hall–Kier alpha value is -2.53. The zero-order valence-electron chi connectivity index (χ0n) is 16.2. The van der Waals surface area contributed by atoms with E-state index in [0.717, 1.165) is 19.3 Å². The Balaban J connectivity index is 1.54. The number of halogens is 1. The van der Waals surface area contributed by atoms with E-state index >= 15 is 0 Å². The Morgan fingerprint density at radius 3 is 2.25 bits per heavy atom. The number of hydrogen-bond acceptors (Lipinski definition) is 3. The second kappa shape index (κ2) is 9.11. The van der Waals surface area contributed by atoms with Gasteiger partial charge >= 0.3 is 0 Å². The van der Waals surface area contributed by atoms with Crippen LogP contribution >= 0.6 is 11.6 Å². The Labute approximate surface area is 170 Å². The van der Waals surface area contributed by atoms with Crippen molar-refractivity contribution in [3.63, 3.8) is 0 Å². The van der Waals surface area contributed by atoms with Crippen LogP contribution in [0, 0.1) is 0 Å². The molecular weight excluding hydrogens is 376 g/mol. The Kier molecular flexibility index (Phi) is 6.57. The second-order valence-electron chi connectivity index (χ2n) is 7.20. The van der Waals surface area contributed by atoms with Crippen LogP contribution in [-0.2, 0) is 4.79 Å². The zero-order valence-corrected chi connectivity index (χ0v) is 16.9. The van der Waals surface area contributed by atoms with E-state index in [4.69, 9.17) is 16.3 Å². The number of rotatable bonds is 5. The molecule has 2 aromatic carbocycles. The maximum atomic E-state index is 12.5. The van der Waals surface area contributed by atoms with E-state index in [-0.39, 0.29) is 30.5 Å². The Morgan fingerprint density at radius 1 is 1.04 bits per heavy atom. The van der Waals surface area contributed by atoms with Crippen molar-refractivity contribution >= 4 is 29.1 Å². The number of carbonyl (C=O) groups is 2. The lowest BCUT2D eigenvalue weighted by atomic mass is 9.97. The number of benzene rings is 2. The summed E-state index contributed by atoms with van der Waals surface area (Å²) in [6.07, 6.45) is 3.23. The molecule has 0 radical (unpaired) electrons. The summed E-state index contributed by atoms with van der Waals surface area (Å²) in [5, 5.41) is 3.42. The standard InChI is InChI=1S/C22H25ClN2O3/c1-15-4-3-5-16(2)25(15)21(26)14-28-20-12-6-17(7-13-20)22(27)24-19-10-8-18(23)9-11-19/h6-13,15-16H,3-5,14H2,1-2H3,(H,24,27). The van der Waals surface area contributed by atoms with Crippen molar-refractivity contribution in [3.8, 4) is 5.75 Å². The average molecular weight is 401 g/mol. The summed E-state index contributed by atoms with van der Waals surface area (Å²) in [5.74, 6) is 0.346. The van der Waals surface area contributed by atoms with Gasteiger partial charge in [-0.1, -0.05) is 11.6 Å². The molecule has 1 saturated heterocycles. The third-order valence-electron chi connectivity index (χ3n) is 5.06. The van der Waals surface area contributed by atoms with Crippen molar-refractivity contribution in [2.45, 2.75) is 45.2 Å². The number of nitrogens with zero attached hydrogens (tertiary/aromatic N) is 1. The van der Waals surface area contributed by atoms with E-state index in [2.05, 4.69) is 19.2 Å². The highest BCUT2D eigenvalue weighted by Gasteiger charge is 2.28. The molecule has 148 valence electrons. The van der Waals surface area contributed by atoms with E-state index < -0.39 is 0 Å². The first kappa shape index (κ1) is 20.2. The molecule has 1 N–H and O–H groups in total. The van der Waals surface area contributed by atoms with Gasteiger partial charge in [-0.15, -0.1) is 0 Å². The predicted molar refractivity (Wildman–Crippen MR) is 111 cm³/mol. The summed E-state index contributed by atoms with van der Waals surface area (Å²) in [4.78, 5) is 26.8. The number of amides is 2. The fourth-order valence-corrected chi connectivity index (χ4v) is 3.70.